The number of hydrogen-bond donors (Lipinski definition) is 3. The van der Waals surface area contributed by atoms with Crippen molar-refractivity contribution in [2.45, 2.75) is 38.1 Å². The Hall–Kier alpha value is -6.15. The van der Waals surface area contributed by atoms with Crippen LogP contribution in [0.25, 0.3) is 6.08 Å². The fourth-order valence-electron chi connectivity index (χ4n) is 5.71. The molecular weight excluding hydrogens is 712 g/mol. The molecule has 13 nitrogen and oxygen atoms in total. The number of esters is 1. The SMILES string of the molecule is CC(=O)Oc1ccc(C(=O)c2ccc(O)cc2)cc1.COC1COC2C(CC(=O)O)COC12.COc1ccc(/C=C/C(=O)c2ccc(CC(=O)O)cc2)cc1. The highest BCUT2D eigenvalue weighted by atomic mass is 16.6. The summed E-state index contributed by atoms with van der Waals surface area (Å²) in [5.41, 5.74) is 3.07. The van der Waals surface area contributed by atoms with Crippen LogP contribution in [0.4, 0.5) is 0 Å². The standard InChI is InChI=1S/C18H16O4.C15H12O4.C9H14O5/c1-22-16-9-4-13(5-10-16)6-11-17(19)15-7-2-14(3-8-15)12-18(20)21;1-10(16)19-14-8-4-12(5-9-14)15(18)11-2-6-13(17)7-3-11;1-12-6-4-14-8-5(2-7(10)11)3-13-9(6)8/h2-11H,12H2,1H3,(H,20,21);2-9,17H,1H3;5-6,8-9H,2-4H2,1H3,(H,10,11)/b11-6+;;. The molecule has 0 bridgehead atoms. The van der Waals surface area contributed by atoms with Crippen molar-refractivity contribution in [3.05, 3.63) is 131 Å². The Labute approximate surface area is 317 Å². The Morgan fingerprint density at radius 2 is 1.27 bits per heavy atom. The van der Waals surface area contributed by atoms with Gasteiger partial charge in [-0.1, -0.05) is 42.5 Å². The number of carbonyl (C=O) groups is 5. The molecule has 0 aromatic heterocycles. The lowest BCUT2D eigenvalue weighted by Gasteiger charge is -2.14. The molecule has 2 aliphatic rings. The van der Waals surface area contributed by atoms with Gasteiger partial charge in [-0.2, -0.15) is 0 Å². The average molecular weight is 755 g/mol. The molecule has 0 amide bonds. The number of allylic oxidation sites excluding steroid dienone is 1. The largest absolute Gasteiger partial charge is 0.508 e. The van der Waals surface area contributed by atoms with E-state index in [2.05, 4.69) is 0 Å². The maximum absolute atomic E-state index is 12.1. The molecule has 4 atom stereocenters. The van der Waals surface area contributed by atoms with Gasteiger partial charge in [0.05, 0.1) is 39.3 Å². The van der Waals surface area contributed by atoms with Gasteiger partial charge in [0.1, 0.15) is 29.5 Å². The molecule has 55 heavy (non-hydrogen) atoms. The summed E-state index contributed by atoms with van der Waals surface area (Å²) < 4.78 is 26.1. The first-order chi connectivity index (χ1) is 26.4. The molecule has 2 heterocycles. The number of carboxylic acids is 2. The zero-order valence-electron chi connectivity index (χ0n) is 30.5. The van der Waals surface area contributed by atoms with Crippen molar-refractivity contribution in [1.82, 2.24) is 0 Å². The number of carbonyl (C=O) groups excluding carboxylic acids is 3. The Kier molecular flexibility index (Phi) is 15.4. The number of phenolic OH excluding ortho intramolecular Hbond substituents is 1. The highest BCUT2D eigenvalue weighted by Gasteiger charge is 2.48. The van der Waals surface area contributed by atoms with Crippen LogP contribution in [0, 0.1) is 5.92 Å². The monoisotopic (exact) mass is 754 g/mol. The van der Waals surface area contributed by atoms with Crippen LogP contribution in [-0.2, 0) is 35.0 Å². The Bertz CT molecular complexity index is 1930. The number of benzene rings is 4. The van der Waals surface area contributed by atoms with Crippen molar-refractivity contribution >= 4 is 35.6 Å². The highest BCUT2D eigenvalue weighted by molar-refractivity contribution is 6.09. The normalized spacial score (nSPS) is 18.2. The quantitative estimate of drug-likeness (QED) is 0.0696. The van der Waals surface area contributed by atoms with Crippen LogP contribution in [0.2, 0.25) is 0 Å². The van der Waals surface area contributed by atoms with Gasteiger partial charge < -0.3 is 39.0 Å². The minimum atomic E-state index is -0.890. The van der Waals surface area contributed by atoms with Crippen molar-refractivity contribution in [3.8, 4) is 17.2 Å². The molecule has 288 valence electrons. The third-order valence-electron chi connectivity index (χ3n) is 8.49. The van der Waals surface area contributed by atoms with E-state index < -0.39 is 17.9 Å². The second-order valence-corrected chi connectivity index (χ2v) is 12.5. The summed E-state index contributed by atoms with van der Waals surface area (Å²) in [6, 6.07) is 26.3. The lowest BCUT2D eigenvalue weighted by molar-refractivity contribution is -0.139. The van der Waals surface area contributed by atoms with Gasteiger partial charge in [-0.25, -0.2) is 0 Å². The molecule has 4 unspecified atom stereocenters. The van der Waals surface area contributed by atoms with Crippen molar-refractivity contribution < 1.29 is 63.0 Å². The number of fused-ring (bicyclic) bond motifs is 1. The Morgan fingerprint density at radius 1 is 0.709 bits per heavy atom. The van der Waals surface area contributed by atoms with Crippen LogP contribution in [0.1, 0.15) is 50.8 Å². The van der Waals surface area contributed by atoms with Gasteiger partial charge in [0, 0.05) is 36.6 Å². The second kappa shape index (κ2) is 20.3. The van der Waals surface area contributed by atoms with Gasteiger partial charge in [-0.05, 0) is 77.9 Å². The third kappa shape index (κ3) is 12.7. The van der Waals surface area contributed by atoms with Gasteiger partial charge in [0.2, 0.25) is 0 Å². The number of hydrogen-bond acceptors (Lipinski definition) is 11. The minimum absolute atomic E-state index is 0.0300. The molecule has 2 fully saturated rings. The molecule has 0 spiro atoms. The van der Waals surface area contributed by atoms with Crippen LogP contribution in [0.15, 0.2) is 103 Å². The summed E-state index contributed by atoms with van der Waals surface area (Å²) in [5, 5.41) is 26.6. The zero-order chi connectivity index (χ0) is 39.9. The van der Waals surface area contributed by atoms with Crippen LogP contribution in [0.5, 0.6) is 17.2 Å². The Balaban J connectivity index is 0.000000188. The summed E-state index contributed by atoms with van der Waals surface area (Å²) >= 11 is 0. The van der Waals surface area contributed by atoms with E-state index in [1.165, 1.54) is 25.1 Å². The number of aromatic hydroxyl groups is 1. The van der Waals surface area contributed by atoms with E-state index in [-0.39, 0.29) is 54.4 Å². The first-order valence-electron chi connectivity index (χ1n) is 17.1. The van der Waals surface area contributed by atoms with Gasteiger partial charge in [-0.3, -0.25) is 24.0 Å². The molecule has 13 heteroatoms. The molecule has 0 saturated carbocycles. The fraction of sp³-hybridized carbons (Fsp3) is 0.262. The molecule has 2 saturated heterocycles. The molecule has 0 aliphatic carbocycles. The third-order valence-corrected chi connectivity index (χ3v) is 8.49. The molecule has 3 N–H and O–H groups in total. The number of rotatable bonds is 12. The van der Waals surface area contributed by atoms with E-state index in [0.29, 0.717) is 41.2 Å². The van der Waals surface area contributed by atoms with Gasteiger partial charge in [0.15, 0.2) is 11.6 Å². The number of aliphatic carboxylic acids is 2. The lowest BCUT2D eigenvalue weighted by Crippen LogP contribution is -2.31. The Morgan fingerprint density at radius 3 is 1.82 bits per heavy atom. The number of ketones is 2. The first-order valence-corrected chi connectivity index (χ1v) is 17.1. The average Bonchev–Trinajstić information content (AvgIpc) is 3.77. The number of carboxylic acid groups (broad SMARTS) is 2. The first kappa shape index (κ1) is 41.6. The van der Waals surface area contributed by atoms with Crippen LogP contribution in [0.3, 0.4) is 0 Å². The molecule has 4 aromatic rings. The number of methoxy groups -OCH3 is 2. The van der Waals surface area contributed by atoms with Gasteiger partial charge in [0.25, 0.3) is 0 Å². The van der Waals surface area contributed by atoms with E-state index in [4.69, 9.17) is 39.0 Å². The smallest absolute Gasteiger partial charge is 0.308 e. The van der Waals surface area contributed by atoms with Crippen molar-refractivity contribution in [3.63, 3.8) is 0 Å². The molecule has 6 rings (SSSR count). The van der Waals surface area contributed by atoms with Crippen LogP contribution < -0.4 is 9.47 Å². The maximum Gasteiger partial charge on any atom is 0.308 e. The van der Waals surface area contributed by atoms with Crippen molar-refractivity contribution in [2.75, 3.05) is 27.4 Å². The van der Waals surface area contributed by atoms with Crippen molar-refractivity contribution in [1.29, 1.82) is 0 Å². The van der Waals surface area contributed by atoms with E-state index in [1.54, 1.807) is 81.0 Å². The lowest BCUT2D eigenvalue weighted by atomic mass is 9.98. The summed E-state index contributed by atoms with van der Waals surface area (Å²) in [7, 11) is 3.21. The number of ether oxygens (including phenoxy) is 5. The topological polar surface area (TPSA) is 192 Å². The summed E-state index contributed by atoms with van der Waals surface area (Å²) in [6.45, 7) is 2.28. The predicted molar refractivity (Wildman–Crippen MR) is 199 cm³/mol. The zero-order valence-corrected chi connectivity index (χ0v) is 30.5. The number of phenols is 1. The predicted octanol–water partition coefficient (Wildman–Crippen LogP) is 5.66. The second-order valence-electron chi connectivity index (χ2n) is 12.5. The van der Waals surface area contributed by atoms with Gasteiger partial charge in [-0.15, -0.1) is 0 Å². The summed E-state index contributed by atoms with van der Waals surface area (Å²) in [4.78, 5) is 56.1. The van der Waals surface area contributed by atoms with Crippen LogP contribution in [-0.4, -0.2) is 90.5 Å². The summed E-state index contributed by atoms with van der Waals surface area (Å²) in [5.74, 6) is -1.14. The molecule has 2 aliphatic heterocycles. The minimum Gasteiger partial charge on any atom is -0.508 e. The molecular formula is C42H42O13. The molecule has 4 aromatic carbocycles. The van der Waals surface area contributed by atoms with E-state index in [1.807, 2.05) is 24.3 Å². The van der Waals surface area contributed by atoms with E-state index in [9.17, 15) is 24.0 Å². The van der Waals surface area contributed by atoms with Crippen LogP contribution >= 0.6 is 0 Å². The highest BCUT2D eigenvalue weighted by Crippen LogP contribution is 2.34. The van der Waals surface area contributed by atoms with E-state index >= 15 is 0 Å². The molecule has 0 radical (unpaired) electrons. The maximum atomic E-state index is 12.1. The van der Waals surface area contributed by atoms with Gasteiger partial charge >= 0.3 is 17.9 Å². The van der Waals surface area contributed by atoms with E-state index in [0.717, 1.165) is 11.3 Å². The summed E-state index contributed by atoms with van der Waals surface area (Å²) in [6.07, 6.45) is 3.06. The fourth-order valence-corrected chi connectivity index (χ4v) is 5.71. The van der Waals surface area contributed by atoms with Crippen molar-refractivity contribution in [2.24, 2.45) is 5.92 Å².